The summed E-state index contributed by atoms with van der Waals surface area (Å²) in [4.78, 5) is 33.2. The fraction of sp³-hybridized carbons (Fsp3) is 0.391. The van der Waals surface area contributed by atoms with Gasteiger partial charge in [0.05, 0.1) is 12.8 Å². The Balaban J connectivity index is 1.29. The summed E-state index contributed by atoms with van der Waals surface area (Å²) >= 11 is 0. The predicted molar refractivity (Wildman–Crippen MR) is 116 cm³/mol. The van der Waals surface area contributed by atoms with Crippen LogP contribution >= 0.6 is 0 Å². The van der Waals surface area contributed by atoms with Gasteiger partial charge in [0.15, 0.2) is 0 Å². The van der Waals surface area contributed by atoms with Crippen LogP contribution in [0.1, 0.15) is 5.56 Å². The molecule has 0 spiro atoms. The molecular weight excluding hydrogens is 380 g/mol. The topological polar surface area (TPSA) is 56.3 Å². The molecule has 3 amide bonds. The number of hydrogen-bond donors (Lipinski definition) is 0. The number of nitrogens with zero attached hydrogens (tertiary/aromatic N) is 4. The van der Waals surface area contributed by atoms with Gasteiger partial charge in [0.25, 0.3) is 0 Å². The van der Waals surface area contributed by atoms with Gasteiger partial charge in [0.1, 0.15) is 12.3 Å². The molecule has 2 aromatic carbocycles. The van der Waals surface area contributed by atoms with E-state index in [4.69, 9.17) is 4.74 Å². The van der Waals surface area contributed by atoms with Crippen LogP contribution in [-0.2, 0) is 11.3 Å². The van der Waals surface area contributed by atoms with Crippen molar-refractivity contribution >= 4 is 17.6 Å². The molecule has 158 valence electrons. The number of carbonyl (C=O) groups excluding carboxylic acids is 2. The van der Waals surface area contributed by atoms with Crippen LogP contribution in [0.15, 0.2) is 54.6 Å². The maximum atomic E-state index is 12.9. The Morgan fingerprint density at radius 1 is 0.900 bits per heavy atom. The monoisotopic (exact) mass is 408 g/mol. The van der Waals surface area contributed by atoms with E-state index < -0.39 is 0 Å². The molecule has 7 nitrogen and oxygen atoms in total. The van der Waals surface area contributed by atoms with Gasteiger partial charge in [0, 0.05) is 45.8 Å². The third-order valence-electron chi connectivity index (χ3n) is 5.77. The van der Waals surface area contributed by atoms with Crippen LogP contribution in [0.25, 0.3) is 0 Å². The quantitative estimate of drug-likeness (QED) is 0.736. The van der Waals surface area contributed by atoms with E-state index in [0.29, 0.717) is 31.9 Å². The van der Waals surface area contributed by atoms with Crippen molar-refractivity contribution in [3.8, 4) is 5.75 Å². The van der Waals surface area contributed by atoms with Crippen molar-refractivity contribution in [3.63, 3.8) is 0 Å². The predicted octanol–water partition coefficient (Wildman–Crippen LogP) is 2.28. The first-order valence-corrected chi connectivity index (χ1v) is 10.4. The Bertz CT molecular complexity index is 881. The highest BCUT2D eigenvalue weighted by Crippen LogP contribution is 2.30. The highest BCUT2D eigenvalue weighted by molar-refractivity contribution is 5.97. The van der Waals surface area contributed by atoms with Gasteiger partial charge in [-0.25, -0.2) is 4.79 Å². The van der Waals surface area contributed by atoms with Gasteiger partial charge in [-0.3, -0.25) is 14.6 Å². The first-order valence-electron chi connectivity index (χ1n) is 10.4. The summed E-state index contributed by atoms with van der Waals surface area (Å²) in [6, 6.07) is 17.7. The van der Waals surface area contributed by atoms with Crippen molar-refractivity contribution in [2.45, 2.75) is 6.54 Å². The molecule has 2 aromatic rings. The number of amides is 3. The summed E-state index contributed by atoms with van der Waals surface area (Å²) in [5.41, 5.74) is 2.03. The first-order chi connectivity index (χ1) is 14.7. The molecule has 2 fully saturated rings. The van der Waals surface area contributed by atoms with Gasteiger partial charge in [-0.15, -0.1) is 0 Å². The molecular formula is C23H28N4O3. The maximum Gasteiger partial charge on any atom is 0.325 e. The molecule has 0 radical (unpaired) electrons. The minimum absolute atomic E-state index is 0.0181. The average molecular weight is 409 g/mol. The van der Waals surface area contributed by atoms with E-state index in [0.717, 1.165) is 25.3 Å². The number of anilines is 1. The zero-order valence-corrected chi connectivity index (χ0v) is 17.4. The van der Waals surface area contributed by atoms with Gasteiger partial charge in [0.2, 0.25) is 5.91 Å². The molecule has 2 saturated heterocycles. The van der Waals surface area contributed by atoms with Crippen molar-refractivity contribution < 1.29 is 14.3 Å². The van der Waals surface area contributed by atoms with Crippen molar-refractivity contribution in [2.75, 3.05) is 57.8 Å². The SMILES string of the molecule is COc1ccccc1N1CCN(CC(=O)N2CCN(Cc3ccccc3)CC2)C1=O. The van der Waals surface area contributed by atoms with Crippen LogP contribution in [0.3, 0.4) is 0 Å². The minimum atomic E-state index is -0.143. The Hall–Kier alpha value is -3.06. The number of rotatable bonds is 6. The largest absolute Gasteiger partial charge is 0.495 e. The maximum absolute atomic E-state index is 12.9. The molecule has 0 atom stereocenters. The smallest absolute Gasteiger partial charge is 0.325 e. The van der Waals surface area contributed by atoms with Gasteiger partial charge in [-0.05, 0) is 17.7 Å². The molecule has 7 heteroatoms. The summed E-state index contributed by atoms with van der Waals surface area (Å²) in [5.74, 6) is 0.679. The number of carbonyl (C=O) groups is 2. The van der Waals surface area contributed by atoms with Crippen LogP contribution in [0.4, 0.5) is 10.5 Å². The average Bonchev–Trinajstić information content (AvgIpc) is 3.14. The first kappa shape index (κ1) is 20.2. The second-order valence-corrected chi connectivity index (χ2v) is 7.67. The molecule has 2 heterocycles. The van der Waals surface area contributed by atoms with Crippen LogP contribution in [0.2, 0.25) is 0 Å². The third kappa shape index (κ3) is 4.41. The Morgan fingerprint density at radius 2 is 1.60 bits per heavy atom. The summed E-state index contributed by atoms with van der Waals surface area (Å²) < 4.78 is 5.38. The molecule has 0 N–H and O–H groups in total. The molecule has 0 aromatic heterocycles. The van der Waals surface area contributed by atoms with E-state index in [9.17, 15) is 9.59 Å². The van der Waals surface area contributed by atoms with E-state index in [1.165, 1.54) is 5.56 Å². The highest BCUT2D eigenvalue weighted by atomic mass is 16.5. The molecule has 0 unspecified atom stereocenters. The fourth-order valence-corrected chi connectivity index (χ4v) is 4.07. The van der Waals surface area contributed by atoms with Gasteiger partial charge in [-0.2, -0.15) is 0 Å². The van der Waals surface area contributed by atoms with E-state index in [-0.39, 0.29) is 18.5 Å². The van der Waals surface area contributed by atoms with Gasteiger partial charge >= 0.3 is 6.03 Å². The molecule has 2 aliphatic heterocycles. The Labute approximate surface area is 177 Å². The zero-order valence-electron chi connectivity index (χ0n) is 17.4. The lowest BCUT2D eigenvalue weighted by atomic mass is 10.2. The number of methoxy groups -OCH3 is 1. The number of ether oxygens (including phenoxy) is 1. The second kappa shape index (κ2) is 9.17. The normalized spacial score (nSPS) is 17.5. The molecule has 0 saturated carbocycles. The number of para-hydroxylation sites is 2. The van der Waals surface area contributed by atoms with Gasteiger partial charge < -0.3 is 14.5 Å². The zero-order chi connectivity index (χ0) is 20.9. The highest BCUT2D eigenvalue weighted by Gasteiger charge is 2.33. The van der Waals surface area contributed by atoms with E-state index in [1.807, 2.05) is 35.2 Å². The van der Waals surface area contributed by atoms with Crippen molar-refractivity contribution in [1.82, 2.24) is 14.7 Å². The fourth-order valence-electron chi connectivity index (χ4n) is 4.07. The third-order valence-corrected chi connectivity index (χ3v) is 5.77. The summed E-state index contributed by atoms with van der Waals surface area (Å²) in [6.07, 6.45) is 0. The number of hydrogen-bond acceptors (Lipinski definition) is 4. The summed E-state index contributed by atoms with van der Waals surface area (Å²) in [5, 5.41) is 0. The molecule has 0 aliphatic carbocycles. The lowest BCUT2D eigenvalue weighted by Crippen LogP contribution is -2.51. The number of urea groups is 1. The van der Waals surface area contributed by atoms with Crippen molar-refractivity contribution in [1.29, 1.82) is 0 Å². The molecule has 2 aliphatic rings. The van der Waals surface area contributed by atoms with Crippen LogP contribution in [0.5, 0.6) is 5.75 Å². The molecule has 4 rings (SSSR count). The summed E-state index contributed by atoms with van der Waals surface area (Å²) in [7, 11) is 1.60. The summed E-state index contributed by atoms with van der Waals surface area (Å²) in [6.45, 7) is 5.22. The van der Waals surface area contributed by atoms with Crippen molar-refractivity contribution in [2.24, 2.45) is 0 Å². The van der Waals surface area contributed by atoms with E-state index >= 15 is 0 Å². The lowest BCUT2D eigenvalue weighted by molar-refractivity contribution is -0.133. The number of piperazine rings is 1. The molecule has 30 heavy (non-hydrogen) atoms. The number of benzene rings is 2. The van der Waals surface area contributed by atoms with E-state index in [1.54, 1.807) is 16.9 Å². The van der Waals surface area contributed by atoms with Crippen LogP contribution in [0, 0.1) is 0 Å². The van der Waals surface area contributed by atoms with Gasteiger partial charge in [-0.1, -0.05) is 42.5 Å². The lowest BCUT2D eigenvalue weighted by Gasteiger charge is -2.35. The standard InChI is InChI=1S/C23H28N4O3/c1-30-21-10-6-5-9-20(21)27-16-15-26(23(27)29)18-22(28)25-13-11-24(12-14-25)17-19-7-3-2-4-8-19/h2-10H,11-18H2,1H3. The second-order valence-electron chi connectivity index (χ2n) is 7.67. The Morgan fingerprint density at radius 3 is 2.33 bits per heavy atom. The Kier molecular flexibility index (Phi) is 6.18. The van der Waals surface area contributed by atoms with Crippen molar-refractivity contribution in [3.05, 3.63) is 60.2 Å². The molecule has 0 bridgehead atoms. The minimum Gasteiger partial charge on any atom is -0.495 e. The van der Waals surface area contributed by atoms with E-state index in [2.05, 4.69) is 29.2 Å². The van der Waals surface area contributed by atoms with Crippen LogP contribution < -0.4 is 9.64 Å². The van der Waals surface area contributed by atoms with Crippen LogP contribution in [-0.4, -0.2) is 79.6 Å².